The number of aromatic nitrogens is 1. The molecule has 126 valence electrons. The third-order valence-corrected chi connectivity index (χ3v) is 6.56. The molecule has 2 unspecified atom stereocenters. The molecule has 2 aromatic rings. The van der Waals surface area contributed by atoms with Crippen molar-refractivity contribution in [1.29, 1.82) is 0 Å². The number of nitrogens with zero attached hydrogens (tertiary/aromatic N) is 2. The van der Waals surface area contributed by atoms with Crippen molar-refractivity contribution in [3.05, 3.63) is 40.4 Å². The van der Waals surface area contributed by atoms with Crippen LogP contribution in [0.3, 0.4) is 0 Å². The maximum atomic E-state index is 12.7. The summed E-state index contributed by atoms with van der Waals surface area (Å²) in [5.74, 6) is 0.598. The minimum atomic E-state index is -0.00798. The molecule has 4 heterocycles. The highest BCUT2D eigenvalue weighted by atomic mass is 35.5. The van der Waals surface area contributed by atoms with E-state index in [4.69, 9.17) is 11.6 Å². The fourth-order valence-corrected chi connectivity index (χ4v) is 4.91. The summed E-state index contributed by atoms with van der Waals surface area (Å²) < 4.78 is 0. The Labute approximate surface area is 150 Å². The molecule has 0 saturated carbocycles. The number of nitrogens with one attached hydrogen (secondary N) is 1. The first-order valence-electron chi connectivity index (χ1n) is 8.38. The van der Waals surface area contributed by atoms with Crippen LogP contribution in [0.15, 0.2) is 30.5 Å². The van der Waals surface area contributed by atoms with Crippen LogP contribution in [-0.4, -0.2) is 41.0 Å². The van der Waals surface area contributed by atoms with Gasteiger partial charge in [0, 0.05) is 22.7 Å². The summed E-state index contributed by atoms with van der Waals surface area (Å²) in [6.07, 6.45) is 4.04. The topological polar surface area (TPSA) is 45.2 Å². The molecule has 5 rings (SSSR count). The molecular formula is C18H20ClN3OS. The number of rotatable bonds is 3. The van der Waals surface area contributed by atoms with E-state index in [0.717, 1.165) is 23.7 Å². The maximum Gasteiger partial charge on any atom is 0.263 e. The van der Waals surface area contributed by atoms with Gasteiger partial charge in [-0.3, -0.25) is 9.69 Å². The molecule has 1 amide bonds. The number of thiazole rings is 1. The molecule has 3 saturated heterocycles. The van der Waals surface area contributed by atoms with Crippen molar-refractivity contribution in [3.8, 4) is 10.6 Å². The molecule has 0 spiro atoms. The molecule has 0 radical (unpaired) electrons. The third-order valence-electron chi connectivity index (χ3n) is 5.28. The number of piperidine rings is 3. The van der Waals surface area contributed by atoms with Crippen LogP contribution < -0.4 is 5.32 Å². The van der Waals surface area contributed by atoms with Crippen LogP contribution in [0.4, 0.5) is 0 Å². The second-order valence-electron chi connectivity index (χ2n) is 6.65. The first kappa shape index (κ1) is 16.1. The molecule has 2 bridgehead atoms. The number of amides is 1. The van der Waals surface area contributed by atoms with Gasteiger partial charge < -0.3 is 5.32 Å². The molecule has 2 atom stereocenters. The zero-order valence-electron chi connectivity index (χ0n) is 13.5. The normalized spacial score (nSPS) is 28.8. The van der Waals surface area contributed by atoms with Gasteiger partial charge in [0.15, 0.2) is 0 Å². The Hall–Kier alpha value is -1.43. The van der Waals surface area contributed by atoms with Crippen LogP contribution in [0, 0.1) is 5.92 Å². The number of hydrogen-bond donors (Lipinski definition) is 1. The Morgan fingerprint density at radius 2 is 2.17 bits per heavy atom. The van der Waals surface area contributed by atoms with Crippen molar-refractivity contribution < 1.29 is 4.79 Å². The molecule has 24 heavy (non-hydrogen) atoms. The number of carbonyl (C=O) groups excluding carboxylic acids is 1. The van der Waals surface area contributed by atoms with Gasteiger partial charge in [0.1, 0.15) is 9.88 Å². The van der Waals surface area contributed by atoms with Gasteiger partial charge in [0.05, 0.1) is 6.20 Å². The highest BCUT2D eigenvalue weighted by Gasteiger charge is 2.40. The molecule has 0 aliphatic carbocycles. The molecule has 3 aliphatic rings. The Balaban J connectivity index is 1.49. The summed E-state index contributed by atoms with van der Waals surface area (Å²) >= 11 is 7.46. The average Bonchev–Trinajstić information content (AvgIpc) is 3.09. The van der Waals surface area contributed by atoms with Crippen LogP contribution >= 0.6 is 22.9 Å². The van der Waals surface area contributed by atoms with Gasteiger partial charge in [0.25, 0.3) is 5.91 Å². The summed E-state index contributed by atoms with van der Waals surface area (Å²) in [5, 5.41) is 4.76. The minimum Gasteiger partial charge on any atom is -0.347 e. The van der Waals surface area contributed by atoms with Gasteiger partial charge in [-0.1, -0.05) is 23.7 Å². The lowest BCUT2D eigenvalue weighted by molar-refractivity contribution is 0.0218. The summed E-state index contributed by atoms with van der Waals surface area (Å²) in [6.45, 7) is 4.55. The number of halogens is 1. The van der Waals surface area contributed by atoms with Gasteiger partial charge in [-0.25, -0.2) is 4.98 Å². The van der Waals surface area contributed by atoms with Crippen LogP contribution in [-0.2, 0) is 0 Å². The molecule has 1 aromatic carbocycles. The fourth-order valence-electron chi connectivity index (χ4n) is 3.90. The summed E-state index contributed by atoms with van der Waals surface area (Å²) in [4.78, 5) is 20.2. The van der Waals surface area contributed by atoms with E-state index in [-0.39, 0.29) is 11.9 Å². The zero-order valence-corrected chi connectivity index (χ0v) is 15.1. The Bertz CT molecular complexity index is 752. The van der Waals surface area contributed by atoms with E-state index < -0.39 is 0 Å². The summed E-state index contributed by atoms with van der Waals surface area (Å²) in [7, 11) is 0. The van der Waals surface area contributed by atoms with Crippen molar-refractivity contribution in [2.24, 2.45) is 5.92 Å². The summed E-state index contributed by atoms with van der Waals surface area (Å²) in [5.41, 5.74) is 0.947. The van der Waals surface area contributed by atoms with Crippen LogP contribution in [0.5, 0.6) is 0 Å². The third kappa shape index (κ3) is 2.96. The van der Waals surface area contributed by atoms with Gasteiger partial charge in [-0.05, 0) is 50.9 Å². The summed E-state index contributed by atoms with van der Waals surface area (Å²) in [6, 6.07) is 8.23. The highest BCUT2D eigenvalue weighted by Crippen LogP contribution is 2.33. The van der Waals surface area contributed by atoms with Crippen molar-refractivity contribution in [2.45, 2.75) is 31.8 Å². The van der Waals surface area contributed by atoms with Crippen molar-refractivity contribution in [3.63, 3.8) is 0 Å². The van der Waals surface area contributed by atoms with Crippen molar-refractivity contribution in [1.82, 2.24) is 15.2 Å². The van der Waals surface area contributed by atoms with Gasteiger partial charge >= 0.3 is 0 Å². The molecule has 4 nitrogen and oxygen atoms in total. The highest BCUT2D eigenvalue weighted by molar-refractivity contribution is 7.16. The van der Waals surface area contributed by atoms with Gasteiger partial charge in [-0.2, -0.15) is 0 Å². The molecule has 3 fully saturated rings. The van der Waals surface area contributed by atoms with Crippen LogP contribution in [0.25, 0.3) is 10.6 Å². The van der Waals surface area contributed by atoms with Crippen LogP contribution in [0.2, 0.25) is 5.02 Å². The van der Waals surface area contributed by atoms with E-state index in [2.05, 4.69) is 22.1 Å². The van der Waals surface area contributed by atoms with E-state index in [0.29, 0.717) is 21.9 Å². The quantitative estimate of drug-likeness (QED) is 0.907. The second kappa shape index (κ2) is 6.47. The fraction of sp³-hybridized carbons (Fsp3) is 0.444. The Morgan fingerprint density at radius 3 is 2.88 bits per heavy atom. The number of benzene rings is 1. The first-order chi connectivity index (χ1) is 11.6. The van der Waals surface area contributed by atoms with Crippen molar-refractivity contribution >= 4 is 28.8 Å². The molecular weight excluding hydrogens is 342 g/mol. The van der Waals surface area contributed by atoms with Gasteiger partial charge in [0.2, 0.25) is 0 Å². The maximum absolute atomic E-state index is 12.7. The monoisotopic (exact) mass is 361 g/mol. The smallest absolute Gasteiger partial charge is 0.263 e. The number of carbonyl (C=O) groups is 1. The molecule has 6 heteroatoms. The first-order valence-corrected chi connectivity index (χ1v) is 9.58. The average molecular weight is 362 g/mol. The largest absolute Gasteiger partial charge is 0.347 e. The minimum absolute atomic E-state index is 0.00798. The van der Waals surface area contributed by atoms with E-state index in [9.17, 15) is 4.79 Å². The van der Waals surface area contributed by atoms with E-state index in [1.54, 1.807) is 6.20 Å². The zero-order chi connectivity index (χ0) is 16.7. The SMILES string of the molecule is CC1C(NC(=O)c2cnc(-c3cccc(Cl)c3)s2)C2CCN1CC2. The predicted octanol–water partition coefficient (Wildman–Crippen LogP) is 3.68. The van der Waals surface area contributed by atoms with Gasteiger partial charge in [-0.15, -0.1) is 11.3 Å². The van der Waals surface area contributed by atoms with E-state index in [1.165, 1.54) is 24.2 Å². The number of fused-ring (bicyclic) bond motifs is 3. The van der Waals surface area contributed by atoms with E-state index >= 15 is 0 Å². The Kier molecular flexibility index (Phi) is 4.33. The predicted molar refractivity (Wildman–Crippen MR) is 97.6 cm³/mol. The van der Waals surface area contributed by atoms with Crippen LogP contribution in [0.1, 0.15) is 29.4 Å². The van der Waals surface area contributed by atoms with E-state index in [1.807, 2.05) is 24.3 Å². The lowest BCUT2D eigenvalue weighted by Gasteiger charge is -2.49. The molecule has 1 aromatic heterocycles. The lowest BCUT2D eigenvalue weighted by Crippen LogP contribution is -2.62. The number of hydrogen-bond acceptors (Lipinski definition) is 4. The molecule has 1 N–H and O–H groups in total. The second-order valence-corrected chi connectivity index (χ2v) is 8.12. The lowest BCUT2D eigenvalue weighted by atomic mass is 9.79. The standard InChI is InChI=1S/C18H20ClN3OS/c1-11-16(12-5-7-22(11)8-6-12)21-17(23)15-10-20-18(24-15)13-3-2-4-14(19)9-13/h2-4,9-12,16H,5-8H2,1H3,(H,21,23). The molecule has 3 aliphatic heterocycles. The van der Waals surface area contributed by atoms with Crippen molar-refractivity contribution in [2.75, 3.05) is 13.1 Å². The Morgan fingerprint density at radius 1 is 1.38 bits per heavy atom.